The average Bonchev–Trinajstić information content (AvgIpc) is 3.35. The molecule has 2 N–H and O–H groups in total. The molecule has 3 aromatic rings. The summed E-state index contributed by atoms with van der Waals surface area (Å²) < 4.78 is 17.3. The number of hydroxylamine groups is 1. The summed E-state index contributed by atoms with van der Waals surface area (Å²) in [7, 11) is 0. The van der Waals surface area contributed by atoms with E-state index < -0.39 is 11.7 Å². The van der Waals surface area contributed by atoms with Crippen molar-refractivity contribution in [1.29, 1.82) is 0 Å². The summed E-state index contributed by atoms with van der Waals surface area (Å²) in [4.78, 5) is 18.1. The molecule has 1 fully saturated rings. The summed E-state index contributed by atoms with van der Waals surface area (Å²) in [6.45, 7) is 2.44. The molecule has 1 heterocycles. The minimum absolute atomic E-state index is 0.187. The fourth-order valence-corrected chi connectivity index (χ4v) is 3.56. The minimum atomic E-state index is -0.491. The third-order valence-corrected chi connectivity index (χ3v) is 5.39. The Morgan fingerprint density at radius 3 is 2.83 bits per heavy atom. The number of nitrogens with zero attached hydrogens (tertiary/aromatic N) is 2. The van der Waals surface area contributed by atoms with E-state index >= 15 is 0 Å². The van der Waals surface area contributed by atoms with Gasteiger partial charge in [0.15, 0.2) is 5.82 Å². The van der Waals surface area contributed by atoms with E-state index in [1.54, 1.807) is 18.5 Å². The number of benzene rings is 2. The summed E-state index contributed by atoms with van der Waals surface area (Å²) >= 11 is 2.23. The number of carbonyl (C=O) groups excluding carboxylic acids is 1. The van der Waals surface area contributed by atoms with Gasteiger partial charge in [0, 0.05) is 27.7 Å². The first-order chi connectivity index (χ1) is 14.0. The van der Waals surface area contributed by atoms with Gasteiger partial charge < -0.3 is 5.32 Å². The summed E-state index contributed by atoms with van der Waals surface area (Å²) in [5, 5.41) is 7.26. The van der Waals surface area contributed by atoms with Gasteiger partial charge in [-0.3, -0.25) is 9.63 Å². The number of amides is 1. The molecule has 0 aliphatic heterocycles. The van der Waals surface area contributed by atoms with E-state index in [2.05, 4.69) is 38.5 Å². The SMILES string of the molecule is Cc1cc(I)ccc1Nc1cc(F)c(-n2cccn2)cc1C(=O)NOCC1CC1. The van der Waals surface area contributed by atoms with E-state index in [1.807, 2.05) is 25.1 Å². The predicted molar refractivity (Wildman–Crippen MR) is 117 cm³/mol. The maximum atomic E-state index is 14.8. The second-order valence-electron chi connectivity index (χ2n) is 7.07. The van der Waals surface area contributed by atoms with Gasteiger partial charge >= 0.3 is 0 Å². The summed E-state index contributed by atoms with van der Waals surface area (Å²) in [6, 6.07) is 10.3. The molecule has 0 bridgehead atoms. The zero-order valence-electron chi connectivity index (χ0n) is 15.8. The monoisotopic (exact) mass is 506 g/mol. The van der Waals surface area contributed by atoms with Gasteiger partial charge in [0.25, 0.3) is 5.91 Å². The van der Waals surface area contributed by atoms with Crippen molar-refractivity contribution in [2.75, 3.05) is 11.9 Å². The first-order valence-corrected chi connectivity index (χ1v) is 10.4. The average molecular weight is 506 g/mol. The normalized spacial score (nSPS) is 13.3. The zero-order valence-corrected chi connectivity index (χ0v) is 17.9. The van der Waals surface area contributed by atoms with Gasteiger partial charge in [0.1, 0.15) is 5.69 Å². The lowest BCUT2D eigenvalue weighted by Crippen LogP contribution is -2.26. The third kappa shape index (κ3) is 4.76. The molecule has 1 aliphatic rings. The van der Waals surface area contributed by atoms with Gasteiger partial charge in [-0.25, -0.2) is 14.6 Å². The fourth-order valence-electron chi connectivity index (χ4n) is 2.92. The van der Waals surface area contributed by atoms with Crippen LogP contribution in [0, 0.1) is 22.2 Å². The molecule has 0 radical (unpaired) electrons. The van der Waals surface area contributed by atoms with E-state index in [4.69, 9.17) is 4.84 Å². The largest absolute Gasteiger partial charge is 0.355 e. The Labute approximate surface area is 181 Å². The molecular weight excluding hydrogens is 486 g/mol. The van der Waals surface area contributed by atoms with Crippen molar-refractivity contribution in [3.05, 3.63) is 69.3 Å². The van der Waals surface area contributed by atoms with Crippen LogP contribution < -0.4 is 10.8 Å². The zero-order chi connectivity index (χ0) is 20.4. The molecule has 150 valence electrons. The topological polar surface area (TPSA) is 68.2 Å². The number of rotatable bonds is 7. The second kappa shape index (κ2) is 8.50. The van der Waals surface area contributed by atoms with Crippen LogP contribution in [-0.2, 0) is 4.84 Å². The highest BCUT2D eigenvalue weighted by molar-refractivity contribution is 14.1. The van der Waals surface area contributed by atoms with Crippen LogP contribution in [0.5, 0.6) is 0 Å². The summed E-state index contributed by atoms with van der Waals surface area (Å²) in [5.74, 6) is -0.422. The number of carbonyl (C=O) groups is 1. The molecule has 0 atom stereocenters. The summed E-state index contributed by atoms with van der Waals surface area (Å²) in [6.07, 6.45) is 5.42. The Balaban J connectivity index is 1.67. The highest BCUT2D eigenvalue weighted by Crippen LogP contribution is 2.30. The van der Waals surface area contributed by atoms with Crippen LogP contribution >= 0.6 is 22.6 Å². The number of anilines is 2. The van der Waals surface area contributed by atoms with Gasteiger partial charge in [0.2, 0.25) is 0 Å². The Kier molecular flexibility index (Phi) is 5.81. The molecule has 1 aromatic heterocycles. The molecule has 1 saturated carbocycles. The number of aryl methyl sites for hydroxylation is 1. The van der Waals surface area contributed by atoms with Crippen molar-refractivity contribution in [3.63, 3.8) is 0 Å². The van der Waals surface area contributed by atoms with Gasteiger partial charge in [-0.2, -0.15) is 5.10 Å². The second-order valence-corrected chi connectivity index (χ2v) is 8.32. The van der Waals surface area contributed by atoms with E-state index in [0.717, 1.165) is 27.7 Å². The number of aromatic nitrogens is 2. The van der Waals surface area contributed by atoms with Gasteiger partial charge in [-0.1, -0.05) is 0 Å². The van der Waals surface area contributed by atoms with Gasteiger partial charge in [-0.05, 0) is 84.2 Å². The van der Waals surface area contributed by atoms with Crippen molar-refractivity contribution in [3.8, 4) is 5.69 Å². The molecule has 6 nitrogen and oxygen atoms in total. The molecule has 29 heavy (non-hydrogen) atoms. The van der Waals surface area contributed by atoms with Crippen LogP contribution in [0.4, 0.5) is 15.8 Å². The molecule has 0 spiro atoms. The van der Waals surface area contributed by atoms with Crippen LogP contribution in [0.25, 0.3) is 5.69 Å². The van der Waals surface area contributed by atoms with Crippen molar-refractivity contribution in [1.82, 2.24) is 15.3 Å². The Hall–Kier alpha value is -2.46. The number of nitrogens with one attached hydrogen (secondary N) is 2. The predicted octanol–water partition coefficient (Wildman–Crippen LogP) is 4.74. The molecule has 0 saturated heterocycles. The van der Waals surface area contributed by atoms with Gasteiger partial charge in [0.05, 0.1) is 17.9 Å². The molecule has 1 amide bonds. The first kappa shape index (κ1) is 19.8. The number of halogens is 2. The van der Waals surface area contributed by atoms with E-state index in [1.165, 1.54) is 16.8 Å². The molecular formula is C21H20FIN4O2. The Morgan fingerprint density at radius 2 is 2.14 bits per heavy atom. The Bertz CT molecular complexity index is 1040. The highest BCUT2D eigenvalue weighted by Gasteiger charge is 2.23. The molecule has 4 rings (SSSR count). The molecule has 8 heteroatoms. The first-order valence-electron chi connectivity index (χ1n) is 9.30. The van der Waals surface area contributed by atoms with Crippen molar-refractivity contribution in [2.45, 2.75) is 19.8 Å². The van der Waals surface area contributed by atoms with Crippen LogP contribution in [0.1, 0.15) is 28.8 Å². The molecule has 0 unspecified atom stereocenters. The number of hydrogen-bond acceptors (Lipinski definition) is 4. The van der Waals surface area contributed by atoms with Crippen LogP contribution in [-0.4, -0.2) is 22.3 Å². The quantitative estimate of drug-likeness (QED) is 0.359. The smallest absolute Gasteiger partial charge is 0.277 e. The van der Waals surface area contributed by atoms with Crippen LogP contribution in [0.3, 0.4) is 0 Å². The van der Waals surface area contributed by atoms with Gasteiger partial charge in [-0.15, -0.1) is 0 Å². The van der Waals surface area contributed by atoms with E-state index in [0.29, 0.717) is 18.2 Å². The maximum absolute atomic E-state index is 14.8. The lowest BCUT2D eigenvalue weighted by atomic mass is 10.1. The fraction of sp³-hybridized carbons (Fsp3) is 0.238. The minimum Gasteiger partial charge on any atom is -0.355 e. The standard InChI is InChI=1S/C21H20FIN4O2/c1-13-9-15(23)5-6-18(13)25-19-11-17(22)20(27-8-2-7-24-27)10-16(19)21(28)26-29-12-14-3-4-14/h2,5-11,14,25H,3-4,12H2,1H3,(H,26,28). The molecule has 1 aliphatic carbocycles. The molecule has 2 aromatic carbocycles. The maximum Gasteiger partial charge on any atom is 0.277 e. The van der Waals surface area contributed by atoms with Crippen LogP contribution in [0.15, 0.2) is 48.8 Å². The Morgan fingerprint density at radius 1 is 1.31 bits per heavy atom. The lowest BCUT2D eigenvalue weighted by molar-refractivity contribution is 0.0271. The highest BCUT2D eigenvalue weighted by atomic mass is 127. The van der Waals surface area contributed by atoms with Crippen molar-refractivity contribution in [2.24, 2.45) is 5.92 Å². The van der Waals surface area contributed by atoms with Crippen molar-refractivity contribution < 1.29 is 14.0 Å². The number of hydrogen-bond donors (Lipinski definition) is 2. The summed E-state index contributed by atoms with van der Waals surface area (Å²) in [5.41, 5.74) is 5.08. The lowest BCUT2D eigenvalue weighted by Gasteiger charge is -2.16. The van der Waals surface area contributed by atoms with Crippen molar-refractivity contribution >= 4 is 39.9 Å². The van der Waals surface area contributed by atoms with Crippen LogP contribution in [0.2, 0.25) is 0 Å². The van der Waals surface area contributed by atoms with E-state index in [-0.39, 0.29) is 11.3 Å². The van der Waals surface area contributed by atoms with E-state index in [9.17, 15) is 9.18 Å². The third-order valence-electron chi connectivity index (χ3n) is 4.72.